The number of halogens is 4. The molecule has 0 atom stereocenters. The number of carbonyl (C=O) groups is 1. The lowest BCUT2D eigenvalue weighted by Crippen LogP contribution is -1.99. The van der Waals surface area contributed by atoms with Gasteiger partial charge in [-0.15, -0.1) is 0 Å². The predicted octanol–water partition coefficient (Wildman–Crippen LogP) is 4.19. The van der Waals surface area contributed by atoms with Crippen molar-refractivity contribution in [2.75, 3.05) is 0 Å². The van der Waals surface area contributed by atoms with Crippen molar-refractivity contribution in [3.63, 3.8) is 0 Å². The van der Waals surface area contributed by atoms with Crippen LogP contribution in [0.25, 0.3) is 0 Å². The van der Waals surface area contributed by atoms with E-state index in [2.05, 4.69) is 15.9 Å². The van der Waals surface area contributed by atoms with Crippen molar-refractivity contribution in [3.8, 4) is 0 Å². The Morgan fingerprint density at radius 3 is 2.50 bits per heavy atom. The lowest BCUT2D eigenvalue weighted by atomic mass is 10.1. The van der Waals surface area contributed by atoms with Crippen LogP contribution in [0.2, 0.25) is 0 Å². The molecule has 0 saturated carbocycles. The van der Waals surface area contributed by atoms with Gasteiger partial charge in [-0.2, -0.15) is 0 Å². The number of carbonyl (C=O) groups excluding carboxylic acids is 1. The highest BCUT2D eigenvalue weighted by Crippen LogP contribution is 2.30. The van der Waals surface area contributed by atoms with Crippen LogP contribution >= 0.6 is 38.5 Å². The van der Waals surface area contributed by atoms with Crippen LogP contribution in [0.4, 0.5) is 8.78 Å². The molecule has 0 aliphatic carbocycles. The lowest BCUT2D eigenvalue weighted by Gasteiger charge is -2.07. The lowest BCUT2D eigenvalue weighted by molar-refractivity contribution is 0.101. The third kappa shape index (κ3) is 2.50. The largest absolute Gasteiger partial charge is 0.294 e. The van der Waals surface area contributed by atoms with E-state index in [1.54, 1.807) is 0 Å². The monoisotopic (exact) mass is 374 g/mol. The molecule has 0 saturated heterocycles. The zero-order valence-electron chi connectivity index (χ0n) is 7.15. The van der Waals surface area contributed by atoms with Gasteiger partial charge < -0.3 is 0 Å². The summed E-state index contributed by atoms with van der Waals surface area (Å²) < 4.78 is 25.9. The molecule has 0 radical (unpaired) electrons. The van der Waals surface area contributed by atoms with Crippen LogP contribution in [0.3, 0.4) is 0 Å². The Bertz CT molecular complexity index is 379. The first kappa shape index (κ1) is 12.0. The molecule has 1 aromatic carbocycles. The Labute approximate surface area is 102 Å². The number of benzene rings is 1. The van der Waals surface area contributed by atoms with Gasteiger partial charge in [-0.1, -0.05) is 15.9 Å². The number of hydrogen-bond donors (Lipinski definition) is 0. The van der Waals surface area contributed by atoms with Gasteiger partial charge in [0.2, 0.25) is 0 Å². The van der Waals surface area contributed by atoms with Gasteiger partial charge in [-0.3, -0.25) is 4.79 Å². The SMILES string of the molecule is CC(=O)c1cc(C(F)F)c(Br)cc1I. The van der Waals surface area contributed by atoms with Crippen LogP contribution in [-0.4, -0.2) is 5.78 Å². The molecular weight excluding hydrogens is 369 g/mol. The van der Waals surface area contributed by atoms with Crippen molar-refractivity contribution < 1.29 is 13.6 Å². The van der Waals surface area contributed by atoms with E-state index in [1.165, 1.54) is 19.1 Å². The van der Waals surface area contributed by atoms with Crippen LogP contribution in [0, 0.1) is 3.57 Å². The highest BCUT2D eigenvalue weighted by molar-refractivity contribution is 14.1. The topological polar surface area (TPSA) is 17.1 Å². The second kappa shape index (κ2) is 4.65. The minimum absolute atomic E-state index is 0.143. The predicted molar refractivity (Wildman–Crippen MR) is 61.8 cm³/mol. The summed E-state index contributed by atoms with van der Waals surface area (Å²) in [6, 6.07) is 2.76. The number of rotatable bonds is 2. The minimum Gasteiger partial charge on any atom is -0.294 e. The van der Waals surface area contributed by atoms with Gasteiger partial charge in [0.15, 0.2) is 5.78 Å². The second-order valence-electron chi connectivity index (χ2n) is 2.71. The summed E-state index contributed by atoms with van der Waals surface area (Å²) in [6.45, 7) is 1.36. The summed E-state index contributed by atoms with van der Waals surface area (Å²) in [6.07, 6.45) is -2.57. The van der Waals surface area contributed by atoms with Crippen LogP contribution in [-0.2, 0) is 0 Å². The molecule has 1 nitrogen and oxygen atoms in total. The molecule has 1 rings (SSSR count). The fraction of sp³-hybridized carbons (Fsp3) is 0.222. The third-order valence-corrected chi connectivity index (χ3v) is 3.28. The first-order valence-corrected chi connectivity index (χ1v) is 5.58. The maximum absolute atomic E-state index is 12.5. The molecular formula is C9H6BrF2IO. The molecule has 0 amide bonds. The van der Waals surface area contributed by atoms with E-state index in [0.29, 0.717) is 13.6 Å². The average Bonchev–Trinajstić information content (AvgIpc) is 2.02. The molecule has 0 spiro atoms. The van der Waals surface area contributed by atoms with E-state index in [9.17, 15) is 13.6 Å². The van der Waals surface area contributed by atoms with E-state index in [1.807, 2.05) is 22.6 Å². The van der Waals surface area contributed by atoms with Gasteiger partial charge in [0, 0.05) is 19.2 Å². The van der Waals surface area contributed by atoms with Crippen molar-refractivity contribution in [1.82, 2.24) is 0 Å². The molecule has 0 aromatic heterocycles. The first-order valence-electron chi connectivity index (χ1n) is 3.71. The Morgan fingerprint density at radius 1 is 1.50 bits per heavy atom. The zero-order chi connectivity index (χ0) is 10.9. The molecule has 5 heteroatoms. The van der Waals surface area contributed by atoms with Gasteiger partial charge in [0.1, 0.15) is 0 Å². The fourth-order valence-corrected chi connectivity index (χ4v) is 2.79. The fourth-order valence-electron chi connectivity index (χ4n) is 1.00. The molecule has 14 heavy (non-hydrogen) atoms. The van der Waals surface area contributed by atoms with Crippen LogP contribution < -0.4 is 0 Å². The van der Waals surface area contributed by atoms with Gasteiger partial charge in [0.25, 0.3) is 6.43 Å². The van der Waals surface area contributed by atoms with Crippen molar-refractivity contribution in [2.45, 2.75) is 13.3 Å². The minimum atomic E-state index is -2.57. The summed E-state index contributed by atoms with van der Waals surface area (Å²) in [5.74, 6) is -0.205. The maximum atomic E-state index is 12.5. The Hall–Kier alpha value is -0.0400. The van der Waals surface area contributed by atoms with Crippen LogP contribution in [0.15, 0.2) is 16.6 Å². The Morgan fingerprint density at radius 2 is 2.07 bits per heavy atom. The smallest absolute Gasteiger partial charge is 0.264 e. The van der Waals surface area contributed by atoms with Gasteiger partial charge >= 0.3 is 0 Å². The second-order valence-corrected chi connectivity index (χ2v) is 4.73. The van der Waals surface area contributed by atoms with E-state index in [4.69, 9.17) is 0 Å². The molecule has 0 bridgehead atoms. The highest BCUT2D eigenvalue weighted by Gasteiger charge is 2.16. The van der Waals surface area contributed by atoms with Gasteiger partial charge in [-0.25, -0.2) is 8.78 Å². The molecule has 76 valence electrons. The molecule has 0 unspecified atom stereocenters. The molecule has 1 aromatic rings. The van der Waals surface area contributed by atoms with Crippen molar-refractivity contribution in [1.29, 1.82) is 0 Å². The standard InChI is InChI=1S/C9H6BrF2IO/c1-4(14)5-2-6(9(11)12)7(10)3-8(5)13/h2-3,9H,1H3. The number of hydrogen-bond acceptors (Lipinski definition) is 1. The van der Waals surface area contributed by atoms with E-state index in [-0.39, 0.29) is 11.3 Å². The maximum Gasteiger partial charge on any atom is 0.264 e. The van der Waals surface area contributed by atoms with Crippen LogP contribution in [0.1, 0.15) is 29.3 Å². The molecule has 0 aliphatic heterocycles. The summed E-state index contributed by atoms with van der Waals surface area (Å²) in [5, 5.41) is 0. The molecule has 0 aliphatic rings. The summed E-state index contributed by atoms with van der Waals surface area (Å²) in [4.78, 5) is 11.1. The normalized spacial score (nSPS) is 10.7. The quantitative estimate of drug-likeness (QED) is 0.560. The van der Waals surface area contributed by atoms with Crippen molar-refractivity contribution >= 4 is 44.3 Å². The van der Waals surface area contributed by atoms with E-state index < -0.39 is 6.43 Å². The number of alkyl halides is 2. The third-order valence-electron chi connectivity index (χ3n) is 1.70. The van der Waals surface area contributed by atoms with E-state index in [0.717, 1.165) is 0 Å². The summed E-state index contributed by atoms with van der Waals surface area (Å²) >= 11 is 4.98. The van der Waals surface area contributed by atoms with Gasteiger partial charge in [-0.05, 0) is 41.6 Å². The number of ketones is 1. The van der Waals surface area contributed by atoms with Crippen molar-refractivity contribution in [3.05, 3.63) is 31.3 Å². The summed E-state index contributed by atoms with van der Waals surface area (Å²) in [5.41, 5.74) is 0.194. The van der Waals surface area contributed by atoms with E-state index >= 15 is 0 Å². The Kier molecular flexibility index (Phi) is 4.00. The summed E-state index contributed by atoms with van der Waals surface area (Å²) in [7, 11) is 0. The highest BCUT2D eigenvalue weighted by atomic mass is 127. The zero-order valence-corrected chi connectivity index (χ0v) is 10.9. The average molecular weight is 375 g/mol. The first-order chi connectivity index (χ1) is 6.43. The molecule has 0 N–H and O–H groups in total. The Balaban J connectivity index is 3.34. The molecule has 0 heterocycles. The molecule has 0 fully saturated rings. The van der Waals surface area contributed by atoms with Crippen LogP contribution in [0.5, 0.6) is 0 Å². The number of Topliss-reactive ketones (excluding diaryl/α,β-unsaturated/α-hetero) is 1. The van der Waals surface area contributed by atoms with Gasteiger partial charge in [0.05, 0.1) is 0 Å². The van der Waals surface area contributed by atoms with Crippen molar-refractivity contribution in [2.24, 2.45) is 0 Å².